The molecule has 2 amide bonds. The number of aliphatic hydroxyl groups is 1. The molecule has 2 fully saturated rings. The van der Waals surface area contributed by atoms with Crippen LogP contribution in [-0.2, 0) is 19.1 Å². The van der Waals surface area contributed by atoms with Crippen molar-refractivity contribution < 1.29 is 24.2 Å². The number of aliphatic hydroxyl groups excluding tert-OH is 1. The highest BCUT2D eigenvalue weighted by Crippen LogP contribution is 2.65. The van der Waals surface area contributed by atoms with Crippen LogP contribution in [0.15, 0.2) is 48.6 Å². The number of amides is 2. The van der Waals surface area contributed by atoms with Crippen molar-refractivity contribution in [2.45, 2.75) is 54.7 Å². The maximum absolute atomic E-state index is 14.4. The van der Waals surface area contributed by atoms with E-state index in [4.69, 9.17) is 16.3 Å². The van der Waals surface area contributed by atoms with E-state index in [1.807, 2.05) is 32.1 Å². The molecule has 1 unspecified atom stereocenters. The number of carbonyl (C=O) groups is 3. The third-order valence-electron chi connectivity index (χ3n) is 7.90. The van der Waals surface area contributed by atoms with Gasteiger partial charge in [0.1, 0.15) is 6.04 Å². The summed E-state index contributed by atoms with van der Waals surface area (Å²) in [7, 11) is 0. The van der Waals surface area contributed by atoms with Crippen LogP contribution in [0.2, 0.25) is 5.02 Å². The summed E-state index contributed by atoms with van der Waals surface area (Å²) in [5.74, 6) is -2.43. The van der Waals surface area contributed by atoms with Gasteiger partial charge in [0.2, 0.25) is 5.91 Å². The number of cyclic esters (lactones) is 1. The molecule has 4 heterocycles. The molecule has 6 atom stereocenters. The molecule has 36 heavy (non-hydrogen) atoms. The van der Waals surface area contributed by atoms with Crippen molar-refractivity contribution in [3.8, 4) is 0 Å². The minimum atomic E-state index is -0.972. The molecular weight excluding hydrogens is 500 g/mol. The van der Waals surface area contributed by atoms with Crippen LogP contribution in [0.5, 0.6) is 0 Å². The molecule has 5 rings (SSSR count). The first-order valence-corrected chi connectivity index (χ1v) is 13.7. The fourth-order valence-electron chi connectivity index (χ4n) is 6.23. The molecule has 4 aliphatic heterocycles. The normalized spacial score (nSPS) is 35.7. The lowest BCUT2D eigenvalue weighted by Crippen LogP contribution is -2.56. The molecule has 4 aliphatic rings. The number of nitrogens with zero attached hydrogens (tertiary/aromatic N) is 2. The first kappa shape index (κ1) is 25.4. The number of fused-ring (bicyclic) bond motifs is 2. The van der Waals surface area contributed by atoms with Gasteiger partial charge in [-0.2, -0.15) is 0 Å². The second kappa shape index (κ2) is 9.54. The summed E-state index contributed by atoms with van der Waals surface area (Å²) in [5.41, 5.74) is 0.676. The first-order valence-electron chi connectivity index (χ1n) is 12.5. The fraction of sp³-hybridized carbons (Fsp3) is 0.519. The van der Waals surface area contributed by atoms with E-state index >= 15 is 0 Å². The molecule has 1 aromatic rings. The highest BCUT2D eigenvalue weighted by atomic mass is 35.5. The van der Waals surface area contributed by atoms with Crippen LogP contribution in [0.4, 0.5) is 5.69 Å². The van der Waals surface area contributed by atoms with Gasteiger partial charge in [0.05, 0.1) is 35.8 Å². The lowest BCUT2D eigenvalue weighted by Gasteiger charge is -2.39. The third kappa shape index (κ3) is 3.80. The van der Waals surface area contributed by atoms with Gasteiger partial charge in [-0.15, -0.1) is 11.8 Å². The number of halogens is 1. The number of likely N-dealkylation sites (tertiary alicyclic amines) is 1. The van der Waals surface area contributed by atoms with Gasteiger partial charge in [0.15, 0.2) is 0 Å². The van der Waals surface area contributed by atoms with Gasteiger partial charge in [-0.05, 0) is 50.5 Å². The fourth-order valence-corrected chi connectivity index (χ4v) is 8.50. The predicted octanol–water partition coefficient (Wildman–Crippen LogP) is 3.59. The zero-order chi connectivity index (χ0) is 25.7. The monoisotopic (exact) mass is 530 g/mol. The van der Waals surface area contributed by atoms with Crippen LogP contribution < -0.4 is 4.90 Å². The third-order valence-corrected chi connectivity index (χ3v) is 9.95. The molecule has 192 valence electrons. The summed E-state index contributed by atoms with van der Waals surface area (Å²) in [6.45, 7) is 4.21. The molecule has 1 aromatic carbocycles. The number of thioether (sulfide) groups is 1. The molecule has 0 bridgehead atoms. The van der Waals surface area contributed by atoms with Crippen LogP contribution in [0.3, 0.4) is 0 Å². The van der Waals surface area contributed by atoms with Crippen LogP contribution in [0.25, 0.3) is 0 Å². The second-order valence-corrected chi connectivity index (χ2v) is 12.3. The minimum absolute atomic E-state index is 0.231. The Balaban J connectivity index is 1.67. The van der Waals surface area contributed by atoms with Crippen LogP contribution >= 0.6 is 23.4 Å². The highest BCUT2D eigenvalue weighted by Gasteiger charge is 2.74. The minimum Gasteiger partial charge on any atom is -0.465 e. The van der Waals surface area contributed by atoms with Gasteiger partial charge in [0.25, 0.3) is 5.91 Å². The molecular formula is C27H31ClN2O5S. The lowest BCUT2D eigenvalue weighted by molar-refractivity contribution is -0.154. The van der Waals surface area contributed by atoms with Crippen molar-refractivity contribution in [2.24, 2.45) is 11.8 Å². The predicted molar refractivity (Wildman–Crippen MR) is 140 cm³/mol. The maximum atomic E-state index is 14.4. The van der Waals surface area contributed by atoms with E-state index in [0.29, 0.717) is 30.3 Å². The topological polar surface area (TPSA) is 87.2 Å². The number of benzene rings is 1. The largest absolute Gasteiger partial charge is 0.465 e. The van der Waals surface area contributed by atoms with Crippen molar-refractivity contribution in [2.75, 3.05) is 24.7 Å². The number of carbonyl (C=O) groups excluding carboxylic acids is 3. The van der Waals surface area contributed by atoms with E-state index in [1.165, 1.54) is 11.8 Å². The summed E-state index contributed by atoms with van der Waals surface area (Å²) in [6.07, 6.45) is 9.96. The van der Waals surface area contributed by atoms with Crippen molar-refractivity contribution >= 4 is 46.8 Å². The van der Waals surface area contributed by atoms with Gasteiger partial charge < -0.3 is 19.6 Å². The average molecular weight is 531 g/mol. The highest BCUT2D eigenvalue weighted by molar-refractivity contribution is 8.02. The van der Waals surface area contributed by atoms with Crippen LogP contribution in [0.1, 0.15) is 33.1 Å². The quantitative estimate of drug-likeness (QED) is 0.473. The molecule has 0 saturated carbocycles. The Morgan fingerprint density at radius 1 is 1.14 bits per heavy atom. The number of allylic oxidation sites excluding steroid dienone is 1. The standard InChI is InChI=1S/C27H31ClN2O5S/c1-3-18(16-31)30-22-24(33)29(19-10-8-17(28)9-11-19)14-7-13-27(22)20(23(30)32)21-25(34)35-15-6-4-5-12-26(21,2)36-27/h5,7-13,18,20-22,31H,3-4,6,14-16H2,1-2H3/b12-5-/t18-,20-,21+,22?,26-,27-/m0/s1. The Kier molecular flexibility index (Phi) is 6.72. The summed E-state index contributed by atoms with van der Waals surface area (Å²) in [5, 5.41) is 10.8. The second-order valence-electron chi connectivity index (χ2n) is 10.0. The number of ether oxygens (including phenoxy) is 1. The molecule has 7 nitrogen and oxygen atoms in total. The van der Waals surface area contributed by atoms with E-state index in [-0.39, 0.29) is 18.4 Å². The zero-order valence-corrected chi connectivity index (χ0v) is 22.0. The van der Waals surface area contributed by atoms with Gasteiger partial charge in [-0.25, -0.2) is 0 Å². The molecule has 0 radical (unpaired) electrons. The van der Waals surface area contributed by atoms with E-state index in [0.717, 1.165) is 12.8 Å². The van der Waals surface area contributed by atoms with Gasteiger partial charge >= 0.3 is 5.97 Å². The average Bonchev–Trinajstić information content (AvgIpc) is 3.21. The Hall–Kier alpha value is -2.29. The van der Waals surface area contributed by atoms with Crippen molar-refractivity contribution in [1.29, 1.82) is 0 Å². The van der Waals surface area contributed by atoms with E-state index in [2.05, 4.69) is 6.08 Å². The Bertz CT molecular complexity index is 1120. The molecule has 0 aromatic heterocycles. The number of hydrogen-bond acceptors (Lipinski definition) is 6. The van der Waals surface area contributed by atoms with Crippen molar-refractivity contribution in [1.82, 2.24) is 4.90 Å². The number of hydrogen-bond donors (Lipinski definition) is 1. The summed E-state index contributed by atoms with van der Waals surface area (Å²) < 4.78 is 3.95. The van der Waals surface area contributed by atoms with Gasteiger partial charge in [-0.3, -0.25) is 14.4 Å². The van der Waals surface area contributed by atoms with Gasteiger partial charge in [-0.1, -0.05) is 42.8 Å². The lowest BCUT2D eigenvalue weighted by atomic mass is 9.74. The SMILES string of the molecule is CC[C@@H](CO)N1C(=O)[C@@H]2[C@@H]3C(=O)OCCC/C=C\[C@]3(C)S[C@@]23C=CCN(c2ccc(Cl)cc2)C(=O)C13. The molecule has 9 heteroatoms. The number of rotatable bonds is 4. The Morgan fingerprint density at radius 3 is 2.58 bits per heavy atom. The Labute approximate surface area is 220 Å². The first-order chi connectivity index (χ1) is 17.3. The van der Waals surface area contributed by atoms with E-state index in [9.17, 15) is 19.5 Å². The molecule has 1 N–H and O–H groups in total. The van der Waals surface area contributed by atoms with E-state index in [1.54, 1.807) is 34.1 Å². The molecule has 2 saturated heterocycles. The van der Waals surface area contributed by atoms with E-state index < -0.39 is 39.4 Å². The van der Waals surface area contributed by atoms with Crippen LogP contribution in [0, 0.1) is 11.8 Å². The summed E-state index contributed by atoms with van der Waals surface area (Å²) >= 11 is 7.60. The smallest absolute Gasteiger partial charge is 0.311 e. The van der Waals surface area contributed by atoms with Crippen LogP contribution in [-0.4, -0.2) is 69.1 Å². The Morgan fingerprint density at radius 2 is 1.89 bits per heavy atom. The number of esters is 1. The van der Waals surface area contributed by atoms with Crippen molar-refractivity contribution in [3.63, 3.8) is 0 Å². The number of anilines is 1. The van der Waals surface area contributed by atoms with Crippen molar-refractivity contribution in [3.05, 3.63) is 53.6 Å². The summed E-state index contributed by atoms with van der Waals surface area (Å²) in [6, 6.07) is 5.62. The summed E-state index contributed by atoms with van der Waals surface area (Å²) in [4.78, 5) is 45.2. The maximum Gasteiger partial charge on any atom is 0.311 e. The van der Waals surface area contributed by atoms with Gasteiger partial charge in [0, 0.05) is 22.0 Å². The zero-order valence-electron chi connectivity index (χ0n) is 20.4. The molecule has 1 spiro atoms. The molecule has 0 aliphatic carbocycles.